The van der Waals surface area contributed by atoms with Gasteiger partial charge in [0.15, 0.2) is 0 Å². The highest BCUT2D eigenvalue weighted by atomic mass is 16.5. The van der Waals surface area contributed by atoms with Crippen molar-refractivity contribution in [3.63, 3.8) is 0 Å². The molecule has 0 aliphatic carbocycles. The molecule has 2 N–H and O–H groups in total. The Hall–Kier alpha value is -2.01. The molecule has 0 spiro atoms. The van der Waals surface area contributed by atoms with Gasteiger partial charge in [0.05, 0.1) is 25.0 Å². The van der Waals surface area contributed by atoms with Crippen LogP contribution in [0.1, 0.15) is 5.69 Å². The lowest BCUT2D eigenvalue weighted by Crippen LogP contribution is -2.05. The Morgan fingerprint density at radius 2 is 2.22 bits per heavy atom. The zero-order valence-corrected chi connectivity index (χ0v) is 10.3. The molecular weight excluding hydrogens is 230 g/mol. The maximum Gasteiger partial charge on any atom is 0.213 e. The third kappa shape index (κ3) is 3.78. The maximum absolute atomic E-state index is 5.38. The van der Waals surface area contributed by atoms with Crippen LogP contribution in [0.2, 0.25) is 0 Å². The Labute approximate surface area is 106 Å². The van der Waals surface area contributed by atoms with Gasteiger partial charge in [0, 0.05) is 25.1 Å². The van der Waals surface area contributed by atoms with Crippen molar-refractivity contribution >= 4 is 5.69 Å². The minimum absolute atomic E-state index is 0.513. The first-order valence-corrected chi connectivity index (χ1v) is 5.82. The molecule has 5 heteroatoms. The number of aromatic amines is 1. The largest absolute Gasteiger partial charge is 0.475 e. The number of rotatable bonds is 7. The van der Waals surface area contributed by atoms with Crippen LogP contribution >= 0.6 is 0 Å². The summed E-state index contributed by atoms with van der Waals surface area (Å²) in [6.07, 6.45) is 3.66. The molecule has 0 radical (unpaired) electrons. The molecule has 5 nitrogen and oxygen atoms in total. The normalized spacial score (nSPS) is 10.3. The van der Waals surface area contributed by atoms with Gasteiger partial charge in [0.25, 0.3) is 0 Å². The molecule has 0 bridgehead atoms. The fraction of sp³-hybridized carbons (Fsp3) is 0.308. The van der Waals surface area contributed by atoms with Crippen LogP contribution in [0, 0.1) is 0 Å². The van der Waals surface area contributed by atoms with E-state index in [1.807, 2.05) is 30.5 Å². The molecule has 0 aliphatic heterocycles. The Balaban J connectivity index is 1.80. The summed E-state index contributed by atoms with van der Waals surface area (Å²) < 4.78 is 10.3. The second-order valence-corrected chi connectivity index (χ2v) is 3.78. The second-order valence-electron chi connectivity index (χ2n) is 3.78. The lowest BCUT2D eigenvalue weighted by molar-refractivity contribution is 0.144. The second kappa shape index (κ2) is 6.66. The topological polar surface area (TPSA) is 59.2 Å². The molecule has 0 atom stereocenters. The first kappa shape index (κ1) is 12.4. The number of ether oxygens (including phenoxy) is 2. The SMILES string of the molecule is COCCOc1ccc(NCc2ccc[nH]2)cn1. The average molecular weight is 247 g/mol. The molecule has 0 saturated carbocycles. The Morgan fingerprint density at radius 1 is 1.28 bits per heavy atom. The van der Waals surface area contributed by atoms with Gasteiger partial charge < -0.3 is 19.8 Å². The van der Waals surface area contributed by atoms with Crippen molar-refractivity contribution in [2.24, 2.45) is 0 Å². The molecule has 0 saturated heterocycles. The summed E-state index contributed by atoms with van der Waals surface area (Å²) >= 11 is 0. The molecular formula is C13H17N3O2. The third-order valence-corrected chi connectivity index (χ3v) is 2.42. The van der Waals surface area contributed by atoms with Gasteiger partial charge in [-0.25, -0.2) is 4.98 Å². The molecule has 0 aliphatic rings. The van der Waals surface area contributed by atoms with Crippen LogP contribution in [0.4, 0.5) is 5.69 Å². The number of aromatic nitrogens is 2. The van der Waals surface area contributed by atoms with Gasteiger partial charge >= 0.3 is 0 Å². The summed E-state index contributed by atoms with van der Waals surface area (Å²) in [4.78, 5) is 7.33. The smallest absolute Gasteiger partial charge is 0.213 e. The maximum atomic E-state index is 5.38. The lowest BCUT2D eigenvalue weighted by Gasteiger charge is -2.07. The van der Waals surface area contributed by atoms with E-state index in [0.29, 0.717) is 19.1 Å². The van der Waals surface area contributed by atoms with Crippen LogP contribution in [0.5, 0.6) is 5.88 Å². The molecule has 0 unspecified atom stereocenters. The monoisotopic (exact) mass is 247 g/mol. The van der Waals surface area contributed by atoms with E-state index < -0.39 is 0 Å². The number of anilines is 1. The molecule has 18 heavy (non-hydrogen) atoms. The molecule has 0 amide bonds. The summed E-state index contributed by atoms with van der Waals surface area (Å²) in [5, 5.41) is 3.27. The summed E-state index contributed by atoms with van der Waals surface area (Å²) in [6.45, 7) is 1.83. The Bertz CT molecular complexity index is 440. The standard InChI is InChI=1S/C13H17N3O2/c1-17-7-8-18-13-5-4-12(10-16-13)15-9-11-3-2-6-14-11/h2-6,10,14-15H,7-9H2,1H3. The van der Waals surface area contributed by atoms with E-state index in [9.17, 15) is 0 Å². The van der Waals surface area contributed by atoms with Crippen molar-refractivity contribution in [1.29, 1.82) is 0 Å². The number of pyridine rings is 1. The van der Waals surface area contributed by atoms with Crippen LogP contribution < -0.4 is 10.1 Å². The van der Waals surface area contributed by atoms with Gasteiger partial charge in [-0.15, -0.1) is 0 Å². The molecule has 2 heterocycles. The van der Waals surface area contributed by atoms with Crippen molar-refractivity contribution in [2.45, 2.75) is 6.54 Å². The highest BCUT2D eigenvalue weighted by Crippen LogP contribution is 2.12. The van der Waals surface area contributed by atoms with Gasteiger partial charge in [-0.2, -0.15) is 0 Å². The fourth-order valence-electron chi connectivity index (χ4n) is 1.47. The van der Waals surface area contributed by atoms with E-state index in [1.165, 1.54) is 0 Å². The predicted octanol–water partition coefficient (Wildman–Crippen LogP) is 2.05. The Morgan fingerprint density at radius 3 is 2.89 bits per heavy atom. The predicted molar refractivity (Wildman–Crippen MR) is 69.7 cm³/mol. The van der Waals surface area contributed by atoms with Crippen LogP contribution in [-0.4, -0.2) is 30.3 Å². The third-order valence-electron chi connectivity index (χ3n) is 2.42. The molecule has 0 fully saturated rings. The molecule has 96 valence electrons. The van der Waals surface area contributed by atoms with E-state index >= 15 is 0 Å². The van der Waals surface area contributed by atoms with E-state index in [1.54, 1.807) is 13.3 Å². The van der Waals surface area contributed by atoms with Gasteiger partial charge in [0.2, 0.25) is 5.88 Å². The van der Waals surface area contributed by atoms with Crippen molar-refractivity contribution < 1.29 is 9.47 Å². The first-order chi connectivity index (χ1) is 8.88. The quantitative estimate of drug-likeness (QED) is 0.735. The van der Waals surface area contributed by atoms with Gasteiger partial charge in [0.1, 0.15) is 6.61 Å². The van der Waals surface area contributed by atoms with E-state index in [4.69, 9.17) is 9.47 Å². The first-order valence-electron chi connectivity index (χ1n) is 5.82. The summed E-state index contributed by atoms with van der Waals surface area (Å²) in [5.74, 6) is 0.609. The Kier molecular flexibility index (Phi) is 4.60. The van der Waals surface area contributed by atoms with E-state index in [-0.39, 0.29) is 0 Å². The number of hydrogen-bond acceptors (Lipinski definition) is 4. The summed E-state index contributed by atoms with van der Waals surface area (Å²) in [7, 11) is 1.64. The highest BCUT2D eigenvalue weighted by Gasteiger charge is 1.97. The van der Waals surface area contributed by atoms with Crippen LogP contribution in [0.15, 0.2) is 36.7 Å². The van der Waals surface area contributed by atoms with Gasteiger partial charge in [-0.3, -0.25) is 0 Å². The number of hydrogen-bond donors (Lipinski definition) is 2. The summed E-state index contributed by atoms with van der Waals surface area (Å²) in [6, 6.07) is 7.79. The zero-order chi connectivity index (χ0) is 12.6. The van der Waals surface area contributed by atoms with Crippen molar-refractivity contribution in [2.75, 3.05) is 25.6 Å². The fourth-order valence-corrected chi connectivity index (χ4v) is 1.47. The van der Waals surface area contributed by atoms with E-state index in [0.717, 1.165) is 17.9 Å². The number of nitrogens with zero attached hydrogens (tertiary/aromatic N) is 1. The van der Waals surface area contributed by atoms with Crippen molar-refractivity contribution in [3.8, 4) is 5.88 Å². The minimum atomic E-state index is 0.513. The van der Waals surface area contributed by atoms with Crippen LogP contribution in [0.3, 0.4) is 0 Å². The zero-order valence-electron chi connectivity index (χ0n) is 10.3. The lowest BCUT2D eigenvalue weighted by atomic mass is 10.4. The molecule has 2 rings (SSSR count). The highest BCUT2D eigenvalue weighted by molar-refractivity contribution is 5.42. The summed E-state index contributed by atoms with van der Waals surface area (Å²) in [5.41, 5.74) is 2.10. The number of methoxy groups -OCH3 is 1. The van der Waals surface area contributed by atoms with Crippen LogP contribution in [-0.2, 0) is 11.3 Å². The van der Waals surface area contributed by atoms with E-state index in [2.05, 4.69) is 15.3 Å². The molecule has 2 aromatic rings. The number of nitrogens with one attached hydrogen (secondary N) is 2. The van der Waals surface area contributed by atoms with Gasteiger partial charge in [-0.1, -0.05) is 0 Å². The molecule has 0 aromatic carbocycles. The van der Waals surface area contributed by atoms with Crippen LogP contribution in [0.25, 0.3) is 0 Å². The average Bonchev–Trinajstić information content (AvgIpc) is 2.91. The van der Waals surface area contributed by atoms with Crippen molar-refractivity contribution in [3.05, 3.63) is 42.4 Å². The van der Waals surface area contributed by atoms with Gasteiger partial charge in [-0.05, 0) is 18.2 Å². The minimum Gasteiger partial charge on any atom is -0.475 e. The number of H-pyrrole nitrogens is 1. The molecule has 2 aromatic heterocycles. The van der Waals surface area contributed by atoms with Crippen molar-refractivity contribution in [1.82, 2.24) is 9.97 Å².